The van der Waals surface area contributed by atoms with Crippen molar-refractivity contribution in [2.24, 2.45) is 11.8 Å². The maximum Gasteiger partial charge on any atom is -0.0177 e. The molecule has 2 saturated carbocycles. The molecule has 2 aliphatic carbocycles. The fourth-order valence-electron chi connectivity index (χ4n) is 2.40. The summed E-state index contributed by atoms with van der Waals surface area (Å²) in [5, 5.41) is 0. The van der Waals surface area contributed by atoms with E-state index in [0.29, 0.717) is 0 Å². The van der Waals surface area contributed by atoms with Gasteiger partial charge in [-0.05, 0) is 43.9 Å². The van der Waals surface area contributed by atoms with Crippen LogP contribution in [-0.4, -0.2) is 0 Å². The molecule has 2 atom stereocenters. The van der Waals surface area contributed by atoms with Crippen LogP contribution >= 0.6 is 0 Å². The van der Waals surface area contributed by atoms with Gasteiger partial charge in [-0.3, -0.25) is 0 Å². The molecule has 0 saturated heterocycles. The molecule has 0 aromatic heterocycles. The summed E-state index contributed by atoms with van der Waals surface area (Å²) in [6, 6.07) is 0. The topological polar surface area (TPSA) is 0 Å². The summed E-state index contributed by atoms with van der Waals surface area (Å²) in [6.45, 7) is 4.16. The lowest BCUT2D eigenvalue weighted by molar-refractivity contribution is 0.206. The van der Waals surface area contributed by atoms with Crippen molar-refractivity contribution >= 4 is 0 Å². The van der Waals surface area contributed by atoms with Gasteiger partial charge in [0.05, 0.1) is 0 Å². The van der Waals surface area contributed by atoms with E-state index in [1.54, 1.807) is 5.57 Å². The minimum atomic E-state index is 0.947. The molecular weight excluding hydrogens is 120 g/mol. The van der Waals surface area contributed by atoms with E-state index in [2.05, 4.69) is 6.58 Å². The molecule has 2 fully saturated rings. The van der Waals surface area contributed by atoms with E-state index in [1.807, 2.05) is 0 Å². The zero-order valence-corrected chi connectivity index (χ0v) is 6.60. The Bertz CT molecular complexity index is 146. The van der Waals surface area contributed by atoms with Crippen molar-refractivity contribution in [3.8, 4) is 0 Å². The molecule has 10 heavy (non-hydrogen) atoms. The van der Waals surface area contributed by atoms with Crippen LogP contribution in [-0.2, 0) is 0 Å². The van der Waals surface area contributed by atoms with Gasteiger partial charge in [-0.2, -0.15) is 0 Å². The summed E-state index contributed by atoms with van der Waals surface area (Å²) < 4.78 is 0. The monoisotopic (exact) mass is 136 g/mol. The van der Waals surface area contributed by atoms with Crippen molar-refractivity contribution in [3.05, 3.63) is 12.2 Å². The fraction of sp³-hybridized carbons (Fsp3) is 0.800. The van der Waals surface area contributed by atoms with Crippen LogP contribution in [0.15, 0.2) is 12.2 Å². The van der Waals surface area contributed by atoms with E-state index < -0.39 is 0 Å². The van der Waals surface area contributed by atoms with Crippen LogP contribution in [0.5, 0.6) is 0 Å². The summed E-state index contributed by atoms with van der Waals surface area (Å²) in [5.41, 5.74) is 1.56. The van der Waals surface area contributed by atoms with Crippen molar-refractivity contribution < 1.29 is 0 Å². The Hall–Kier alpha value is -0.260. The van der Waals surface area contributed by atoms with E-state index in [0.717, 1.165) is 11.8 Å². The zero-order chi connectivity index (χ0) is 6.97. The van der Waals surface area contributed by atoms with Crippen molar-refractivity contribution in [2.45, 2.75) is 38.5 Å². The lowest BCUT2D eigenvalue weighted by atomic mass is 9.69. The number of fused-ring (bicyclic) bond motifs is 1. The molecule has 0 nitrogen and oxygen atoms in total. The first-order valence-corrected chi connectivity index (χ1v) is 4.55. The quantitative estimate of drug-likeness (QED) is 0.449. The number of allylic oxidation sites excluding steroid dienone is 1. The third-order valence-electron chi connectivity index (χ3n) is 3.26. The van der Waals surface area contributed by atoms with E-state index in [9.17, 15) is 0 Å². The van der Waals surface area contributed by atoms with Crippen LogP contribution in [0.3, 0.4) is 0 Å². The first-order valence-electron chi connectivity index (χ1n) is 4.55. The van der Waals surface area contributed by atoms with Crippen LogP contribution < -0.4 is 0 Å². The maximum absolute atomic E-state index is 4.16. The van der Waals surface area contributed by atoms with E-state index in [-0.39, 0.29) is 0 Å². The molecule has 0 heteroatoms. The molecule has 0 bridgehead atoms. The second-order valence-electron chi connectivity index (χ2n) is 3.85. The maximum atomic E-state index is 4.16. The highest BCUT2D eigenvalue weighted by Crippen LogP contribution is 2.45. The first kappa shape index (κ1) is 6.45. The van der Waals surface area contributed by atoms with Gasteiger partial charge in [0, 0.05) is 0 Å². The van der Waals surface area contributed by atoms with Gasteiger partial charge in [0.1, 0.15) is 0 Å². The minimum absolute atomic E-state index is 0.947. The molecular formula is C10H16. The van der Waals surface area contributed by atoms with Gasteiger partial charge >= 0.3 is 0 Å². The summed E-state index contributed by atoms with van der Waals surface area (Å²) in [6.07, 6.45) is 8.62. The minimum Gasteiger partial charge on any atom is -0.0996 e. The van der Waals surface area contributed by atoms with E-state index >= 15 is 0 Å². The highest BCUT2D eigenvalue weighted by molar-refractivity contribution is 5.08. The van der Waals surface area contributed by atoms with Crippen LogP contribution in [0.25, 0.3) is 0 Å². The Morgan fingerprint density at radius 2 is 2.00 bits per heavy atom. The Kier molecular flexibility index (Phi) is 1.55. The third-order valence-corrected chi connectivity index (χ3v) is 3.26. The van der Waals surface area contributed by atoms with E-state index in [4.69, 9.17) is 0 Å². The molecule has 0 aliphatic heterocycles. The summed E-state index contributed by atoms with van der Waals surface area (Å²) in [5.74, 6) is 2.00. The van der Waals surface area contributed by atoms with Crippen LogP contribution in [0.2, 0.25) is 0 Å². The van der Waals surface area contributed by atoms with Crippen LogP contribution in [0, 0.1) is 11.8 Å². The second-order valence-corrected chi connectivity index (χ2v) is 3.85. The van der Waals surface area contributed by atoms with Crippen LogP contribution in [0.1, 0.15) is 38.5 Å². The lowest BCUT2D eigenvalue weighted by Gasteiger charge is -2.36. The molecule has 2 unspecified atom stereocenters. The zero-order valence-electron chi connectivity index (χ0n) is 6.60. The third kappa shape index (κ3) is 0.902. The predicted molar refractivity (Wildman–Crippen MR) is 43.8 cm³/mol. The van der Waals surface area contributed by atoms with Crippen molar-refractivity contribution in [1.82, 2.24) is 0 Å². The Labute approximate surface area is 63.3 Å². The molecule has 0 aromatic rings. The molecule has 56 valence electrons. The molecule has 0 heterocycles. The van der Waals surface area contributed by atoms with Gasteiger partial charge < -0.3 is 0 Å². The number of rotatable bonds is 0. The molecule has 0 radical (unpaired) electrons. The fourth-order valence-corrected chi connectivity index (χ4v) is 2.40. The Balaban J connectivity index is 2.04. The van der Waals surface area contributed by atoms with Crippen molar-refractivity contribution in [1.29, 1.82) is 0 Å². The molecule has 0 amide bonds. The van der Waals surface area contributed by atoms with E-state index in [1.165, 1.54) is 38.5 Å². The summed E-state index contributed by atoms with van der Waals surface area (Å²) in [4.78, 5) is 0. The molecule has 2 aliphatic rings. The van der Waals surface area contributed by atoms with Gasteiger partial charge in [0.25, 0.3) is 0 Å². The molecule has 0 spiro atoms. The Morgan fingerprint density at radius 1 is 1.10 bits per heavy atom. The average Bonchev–Trinajstić information content (AvgIpc) is 1.92. The van der Waals surface area contributed by atoms with Gasteiger partial charge in [-0.1, -0.05) is 18.6 Å². The van der Waals surface area contributed by atoms with Gasteiger partial charge in [-0.25, -0.2) is 0 Å². The number of hydrogen-bond donors (Lipinski definition) is 0. The SMILES string of the molecule is C=C1CCCCC2CCC12. The van der Waals surface area contributed by atoms with Gasteiger partial charge in [-0.15, -0.1) is 0 Å². The average molecular weight is 136 g/mol. The summed E-state index contributed by atoms with van der Waals surface area (Å²) >= 11 is 0. The standard InChI is InChI=1S/C10H16/c1-8-4-2-3-5-9-6-7-10(8)9/h9-10H,1-7H2. The normalized spacial score (nSPS) is 39.8. The predicted octanol–water partition coefficient (Wildman–Crippen LogP) is 3.14. The highest BCUT2D eigenvalue weighted by Gasteiger charge is 2.33. The summed E-state index contributed by atoms with van der Waals surface area (Å²) in [7, 11) is 0. The smallest absolute Gasteiger partial charge is 0.0177 e. The molecule has 0 N–H and O–H groups in total. The lowest BCUT2D eigenvalue weighted by Crippen LogP contribution is -2.25. The number of hydrogen-bond acceptors (Lipinski definition) is 0. The van der Waals surface area contributed by atoms with Crippen molar-refractivity contribution in [3.63, 3.8) is 0 Å². The second kappa shape index (κ2) is 2.41. The Morgan fingerprint density at radius 3 is 2.70 bits per heavy atom. The van der Waals surface area contributed by atoms with Gasteiger partial charge in [0.2, 0.25) is 0 Å². The van der Waals surface area contributed by atoms with Gasteiger partial charge in [0.15, 0.2) is 0 Å². The highest BCUT2D eigenvalue weighted by atomic mass is 14.4. The van der Waals surface area contributed by atoms with Crippen molar-refractivity contribution in [2.75, 3.05) is 0 Å². The largest absolute Gasteiger partial charge is 0.0996 e. The first-order chi connectivity index (χ1) is 4.88. The molecule has 0 aromatic carbocycles. The van der Waals surface area contributed by atoms with Crippen LogP contribution in [0.4, 0.5) is 0 Å². The molecule has 2 rings (SSSR count).